The lowest BCUT2D eigenvalue weighted by atomic mass is 10.3. The molecule has 1 heterocycles. The average molecular weight is 223 g/mol. The van der Waals surface area contributed by atoms with Gasteiger partial charge in [0.25, 0.3) is 0 Å². The first-order valence-electron chi connectivity index (χ1n) is 4.83. The highest BCUT2D eigenvalue weighted by molar-refractivity contribution is 7.98. The van der Waals surface area contributed by atoms with Crippen LogP contribution in [0.4, 0.5) is 10.5 Å². The van der Waals surface area contributed by atoms with Crippen LogP contribution in [0, 0.1) is 0 Å². The van der Waals surface area contributed by atoms with Crippen LogP contribution in [-0.4, -0.2) is 25.0 Å². The summed E-state index contributed by atoms with van der Waals surface area (Å²) >= 11 is 1.69. The van der Waals surface area contributed by atoms with Gasteiger partial charge < -0.3 is 4.74 Å². The standard InChI is InChI=1S/C11H13NO2S/c1-8-7-12(11(13)14-8)9-3-5-10(15-2)6-4-9/h3-6,8H,7H2,1-2H3/t8-/m0/s1. The second-order valence-electron chi connectivity index (χ2n) is 3.50. The first-order valence-corrected chi connectivity index (χ1v) is 6.05. The third-order valence-electron chi connectivity index (χ3n) is 2.35. The van der Waals surface area contributed by atoms with Gasteiger partial charge in [-0.1, -0.05) is 0 Å². The van der Waals surface area contributed by atoms with E-state index >= 15 is 0 Å². The maximum absolute atomic E-state index is 11.4. The number of rotatable bonds is 2. The molecule has 3 nitrogen and oxygen atoms in total. The molecule has 0 radical (unpaired) electrons. The second-order valence-corrected chi connectivity index (χ2v) is 4.38. The summed E-state index contributed by atoms with van der Waals surface area (Å²) in [6.45, 7) is 2.53. The van der Waals surface area contributed by atoms with Crippen molar-refractivity contribution in [3.63, 3.8) is 0 Å². The number of amides is 1. The minimum Gasteiger partial charge on any atom is -0.444 e. The first kappa shape index (κ1) is 10.4. The monoisotopic (exact) mass is 223 g/mol. The number of carbonyl (C=O) groups excluding carboxylic acids is 1. The predicted octanol–water partition coefficient (Wildman–Crippen LogP) is 2.75. The molecule has 1 fully saturated rings. The van der Waals surface area contributed by atoms with Gasteiger partial charge in [0.2, 0.25) is 0 Å². The maximum atomic E-state index is 11.4. The van der Waals surface area contributed by atoms with Gasteiger partial charge in [0, 0.05) is 10.6 Å². The number of anilines is 1. The molecule has 80 valence electrons. The number of hydrogen-bond donors (Lipinski definition) is 0. The quantitative estimate of drug-likeness (QED) is 0.722. The van der Waals surface area contributed by atoms with E-state index in [4.69, 9.17) is 4.74 Å². The van der Waals surface area contributed by atoms with Crippen molar-refractivity contribution in [1.82, 2.24) is 0 Å². The second kappa shape index (κ2) is 4.14. The zero-order chi connectivity index (χ0) is 10.8. The predicted molar refractivity (Wildman–Crippen MR) is 61.5 cm³/mol. The number of nitrogens with zero attached hydrogens (tertiary/aromatic N) is 1. The summed E-state index contributed by atoms with van der Waals surface area (Å²) in [5, 5.41) is 0. The molecular weight excluding hydrogens is 210 g/mol. The summed E-state index contributed by atoms with van der Waals surface area (Å²) in [4.78, 5) is 14.3. The zero-order valence-corrected chi connectivity index (χ0v) is 9.58. The molecule has 1 aromatic carbocycles. The fourth-order valence-electron chi connectivity index (χ4n) is 1.58. The smallest absolute Gasteiger partial charge is 0.414 e. The van der Waals surface area contributed by atoms with E-state index in [0.717, 1.165) is 5.69 Å². The molecule has 0 spiro atoms. The van der Waals surface area contributed by atoms with Crippen LogP contribution in [0.15, 0.2) is 29.2 Å². The van der Waals surface area contributed by atoms with E-state index in [9.17, 15) is 4.79 Å². The van der Waals surface area contributed by atoms with Gasteiger partial charge in [0.1, 0.15) is 6.10 Å². The van der Waals surface area contributed by atoms with Crippen molar-refractivity contribution in [3.05, 3.63) is 24.3 Å². The highest BCUT2D eigenvalue weighted by Gasteiger charge is 2.28. The molecule has 0 aromatic heterocycles. The topological polar surface area (TPSA) is 29.5 Å². The molecule has 1 saturated heterocycles. The van der Waals surface area contributed by atoms with Crippen LogP contribution in [0.2, 0.25) is 0 Å². The Hall–Kier alpha value is -1.16. The van der Waals surface area contributed by atoms with E-state index < -0.39 is 0 Å². The average Bonchev–Trinajstić information content (AvgIpc) is 2.58. The van der Waals surface area contributed by atoms with Crippen molar-refractivity contribution >= 4 is 23.5 Å². The highest BCUT2D eigenvalue weighted by atomic mass is 32.2. The van der Waals surface area contributed by atoms with Crippen LogP contribution < -0.4 is 4.90 Å². The molecule has 4 heteroatoms. The number of carbonyl (C=O) groups is 1. The summed E-state index contributed by atoms with van der Waals surface area (Å²) < 4.78 is 5.07. The SMILES string of the molecule is CSc1ccc(N2C[C@H](C)OC2=O)cc1. The lowest BCUT2D eigenvalue weighted by Crippen LogP contribution is -2.23. The minimum atomic E-state index is -0.251. The molecule has 0 saturated carbocycles. The highest BCUT2D eigenvalue weighted by Crippen LogP contribution is 2.24. The maximum Gasteiger partial charge on any atom is 0.414 e. The Bertz CT molecular complexity index is 363. The number of benzene rings is 1. The van der Waals surface area contributed by atoms with Gasteiger partial charge >= 0.3 is 6.09 Å². The fraction of sp³-hybridized carbons (Fsp3) is 0.364. The lowest BCUT2D eigenvalue weighted by molar-refractivity contribution is 0.150. The number of hydrogen-bond acceptors (Lipinski definition) is 3. The Balaban J connectivity index is 2.19. The Kier molecular flexibility index (Phi) is 2.86. The Morgan fingerprint density at radius 1 is 1.40 bits per heavy atom. The number of thioether (sulfide) groups is 1. The van der Waals surface area contributed by atoms with Crippen molar-refractivity contribution in [2.24, 2.45) is 0 Å². The Labute approximate surface area is 93.4 Å². The lowest BCUT2D eigenvalue weighted by Gasteiger charge is -2.12. The van der Waals surface area contributed by atoms with Crippen molar-refractivity contribution in [3.8, 4) is 0 Å². The molecule has 0 N–H and O–H groups in total. The number of ether oxygens (including phenoxy) is 1. The van der Waals surface area contributed by atoms with E-state index in [1.54, 1.807) is 16.7 Å². The van der Waals surface area contributed by atoms with Crippen LogP contribution in [0.25, 0.3) is 0 Å². The van der Waals surface area contributed by atoms with Gasteiger partial charge in [-0.15, -0.1) is 11.8 Å². The third kappa shape index (κ3) is 2.09. The van der Waals surface area contributed by atoms with Crippen LogP contribution >= 0.6 is 11.8 Å². The molecule has 1 aromatic rings. The summed E-state index contributed by atoms with van der Waals surface area (Å²) in [5.74, 6) is 0. The van der Waals surface area contributed by atoms with Crippen LogP contribution in [0.3, 0.4) is 0 Å². The van der Waals surface area contributed by atoms with Gasteiger partial charge in [-0.2, -0.15) is 0 Å². The molecule has 2 rings (SSSR count). The normalized spacial score (nSPS) is 20.5. The first-order chi connectivity index (χ1) is 7.20. The van der Waals surface area contributed by atoms with E-state index in [2.05, 4.69) is 0 Å². The van der Waals surface area contributed by atoms with E-state index in [-0.39, 0.29) is 12.2 Å². The summed E-state index contributed by atoms with van der Waals surface area (Å²) in [7, 11) is 0. The van der Waals surface area contributed by atoms with Gasteiger partial charge in [-0.3, -0.25) is 4.90 Å². The van der Waals surface area contributed by atoms with Crippen molar-refractivity contribution < 1.29 is 9.53 Å². The van der Waals surface area contributed by atoms with Crippen molar-refractivity contribution in [1.29, 1.82) is 0 Å². The zero-order valence-electron chi connectivity index (χ0n) is 8.77. The summed E-state index contributed by atoms with van der Waals surface area (Å²) in [6.07, 6.45) is 1.76. The van der Waals surface area contributed by atoms with Crippen molar-refractivity contribution in [2.75, 3.05) is 17.7 Å². The summed E-state index contributed by atoms with van der Waals surface area (Å²) in [6, 6.07) is 7.92. The van der Waals surface area contributed by atoms with Crippen LogP contribution in [0.1, 0.15) is 6.92 Å². The fourth-order valence-corrected chi connectivity index (χ4v) is 1.99. The number of cyclic esters (lactones) is 1. The van der Waals surface area contributed by atoms with E-state index in [1.807, 2.05) is 37.4 Å². The third-order valence-corrected chi connectivity index (χ3v) is 3.09. The molecule has 1 amide bonds. The molecule has 0 bridgehead atoms. The molecular formula is C11H13NO2S. The Morgan fingerprint density at radius 2 is 2.07 bits per heavy atom. The van der Waals surface area contributed by atoms with Crippen LogP contribution in [-0.2, 0) is 4.74 Å². The van der Waals surface area contributed by atoms with E-state index in [1.165, 1.54) is 4.90 Å². The minimum absolute atomic E-state index is 0.0160. The van der Waals surface area contributed by atoms with E-state index in [0.29, 0.717) is 6.54 Å². The largest absolute Gasteiger partial charge is 0.444 e. The van der Waals surface area contributed by atoms with Gasteiger partial charge in [-0.25, -0.2) is 4.79 Å². The van der Waals surface area contributed by atoms with Crippen molar-refractivity contribution in [2.45, 2.75) is 17.9 Å². The molecule has 15 heavy (non-hydrogen) atoms. The van der Waals surface area contributed by atoms with Gasteiger partial charge in [-0.05, 0) is 37.4 Å². The summed E-state index contributed by atoms with van der Waals surface area (Å²) in [5.41, 5.74) is 0.905. The van der Waals surface area contributed by atoms with Crippen LogP contribution in [0.5, 0.6) is 0 Å². The molecule has 1 aliphatic heterocycles. The molecule has 1 atom stereocenters. The van der Waals surface area contributed by atoms with Gasteiger partial charge in [0.15, 0.2) is 0 Å². The molecule has 1 aliphatic rings. The van der Waals surface area contributed by atoms with Gasteiger partial charge in [0.05, 0.1) is 6.54 Å². The molecule has 0 unspecified atom stereocenters. The Morgan fingerprint density at radius 3 is 2.53 bits per heavy atom. The molecule has 0 aliphatic carbocycles.